The highest BCUT2D eigenvalue weighted by molar-refractivity contribution is 7.87. The summed E-state index contributed by atoms with van der Waals surface area (Å²) in [5.74, 6) is -1.96. The molecule has 5 rings (SSSR count). The standard InChI is InChI=1S/C32H33F3N4O8S/c1-39(17-22-6-13-28-29(16-22)46-20-45-28)14-2-3-24(18-39)38(27(30(36)41)15-21-4-9-25(40)10-5-21)31(42)37-23-7-11-26(12-8-23)47-48(43,44)19-32(33,34)35/h4-13,16,27H,2-3,14-15,17-20H2,1H3,(H2-2,36,37,40,41,42)/p+2/b38-24+/t27-,39?/m0/s1. The highest BCUT2D eigenvalue weighted by Crippen LogP contribution is 2.34. The number of piperidine rings is 1. The van der Waals surface area contributed by atoms with Gasteiger partial charge in [0, 0.05) is 24.8 Å². The van der Waals surface area contributed by atoms with E-state index in [0.29, 0.717) is 53.2 Å². The lowest BCUT2D eigenvalue weighted by molar-refractivity contribution is -0.918. The Labute approximate surface area is 274 Å². The second-order valence-electron chi connectivity index (χ2n) is 12.0. The molecule has 3 amide bonds. The van der Waals surface area contributed by atoms with Crippen LogP contribution < -0.4 is 24.7 Å². The molecule has 1 saturated heterocycles. The molecule has 0 saturated carbocycles. The molecule has 1 fully saturated rings. The van der Waals surface area contributed by atoms with E-state index in [9.17, 15) is 36.3 Å². The lowest BCUT2D eigenvalue weighted by Gasteiger charge is -2.38. The number of phenols is 1. The molecule has 12 nitrogen and oxygen atoms in total. The van der Waals surface area contributed by atoms with Gasteiger partial charge in [0.05, 0.1) is 13.6 Å². The maximum atomic E-state index is 14.0. The number of alkyl halides is 3. The van der Waals surface area contributed by atoms with E-state index >= 15 is 0 Å². The van der Waals surface area contributed by atoms with Crippen LogP contribution in [0.5, 0.6) is 23.0 Å². The Morgan fingerprint density at radius 2 is 1.71 bits per heavy atom. The summed E-state index contributed by atoms with van der Waals surface area (Å²) < 4.78 is 78.7. The van der Waals surface area contributed by atoms with Crippen molar-refractivity contribution in [1.29, 1.82) is 0 Å². The molecular weight excluding hydrogens is 657 g/mol. The normalized spacial score (nSPS) is 19.3. The highest BCUT2D eigenvalue weighted by atomic mass is 32.2. The Balaban J connectivity index is 1.43. The highest BCUT2D eigenvalue weighted by Gasteiger charge is 2.40. The Bertz CT molecular complexity index is 1820. The number of likely N-dealkylation sites (tertiary alicyclic amines) is 1. The number of carbonyl (C=O) groups excluding carboxylic acids is 2. The van der Waals surface area contributed by atoms with Crippen LogP contribution in [0, 0.1) is 0 Å². The molecule has 48 heavy (non-hydrogen) atoms. The van der Waals surface area contributed by atoms with E-state index in [2.05, 4.69) is 9.50 Å². The van der Waals surface area contributed by atoms with Gasteiger partial charge in [-0.2, -0.15) is 31.0 Å². The summed E-state index contributed by atoms with van der Waals surface area (Å²) in [6.45, 7) is 1.92. The van der Waals surface area contributed by atoms with Crippen molar-refractivity contribution in [2.24, 2.45) is 5.73 Å². The van der Waals surface area contributed by atoms with Gasteiger partial charge in [-0.15, -0.1) is 0 Å². The van der Waals surface area contributed by atoms with E-state index in [4.69, 9.17) is 15.2 Å². The average Bonchev–Trinajstić information content (AvgIpc) is 3.45. The zero-order valence-corrected chi connectivity index (χ0v) is 26.7. The Hall–Kier alpha value is -4.83. The fourth-order valence-corrected chi connectivity index (χ4v) is 6.77. The molecule has 0 aliphatic carbocycles. The van der Waals surface area contributed by atoms with Crippen LogP contribution in [0.15, 0.2) is 66.7 Å². The summed E-state index contributed by atoms with van der Waals surface area (Å²) in [5.41, 5.74) is 8.36. The van der Waals surface area contributed by atoms with Gasteiger partial charge in [-0.25, -0.2) is 5.32 Å². The number of nitrogens with zero attached hydrogens (tertiary/aromatic N) is 2. The third kappa shape index (κ3) is 8.95. The number of rotatable bonds is 10. The lowest BCUT2D eigenvalue weighted by Crippen LogP contribution is -2.56. The van der Waals surface area contributed by atoms with E-state index in [1.165, 1.54) is 28.8 Å². The number of carbonyl (C=O) groups is 2. The first-order valence-electron chi connectivity index (χ1n) is 14.9. The van der Waals surface area contributed by atoms with Crippen molar-refractivity contribution in [1.82, 2.24) is 0 Å². The molecular formula is C32H35F3N4O8S+2. The summed E-state index contributed by atoms with van der Waals surface area (Å²) in [7, 11) is -2.91. The van der Waals surface area contributed by atoms with Crippen molar-refractivity contribution in [2.75, 3.05) is 38.0 Å². The fourth-order valence-electron chi connectivity index (χ4n) is 5.91. The first kappa shape index (κ1) is 34.5. The van der Waals surface area contributed by atoms with Crippen LogP contribution in [0.1, 0.15) is 24.0 Å². The molecule has 3 aromatic rings. The van der Waals surface area contributed by atoms with E-state index in [0.717, 1.165) is 24.2 Å². The van der Waals surface area contributed by atoms with Gasteiger partial charge in [0.1, 0.15) is 36.0 Å². The number of hydrogen-bond acceptors (Lipinski definition) is 8. The minimum Gasteiger partial charge on any atom is -0.508 e. The minimum atomic E-state index is -4.98. The molecule has 2 heterocycles. The summed E-state index contributed by atoms with van der Waals surface area (Å²) in [4.78, 5) is 27.0. The van der Waals surface area contributed by atoms with Crippen LogP contribution in [0.3, 0.4) is 0 Å². The van der Waals surface area contributed by atoms with Gasteiger partial charge in [-0.3, -0.25) is 4.79 Å². The maximum Gasteiger partial charge on any atom is 0.496 e. The average molecular weight is 693 g/mol. The number of halogens is 3. The van der Waals surface area contributed by atoms with E-state index in [-0.39, 0.29) is 30.4 Å². The quantitative estimate of drug-likeness (QED) is 0.164. The molecule has 0 radical (unpaired) electrons. The second-order valence-corrected chi connectivity index (χ2v) is 13.6. The summed E-state index contributed by atoms with van der Waals surface area (Å²) in [6.07, 6.45) is -3.75. The van der Waals surface area contributed by atoms with Crippen molar-refractivity contribution in [3.05, 3.63) is 77.9 Å². The van der Waals surface area contributed by atoms with Gasteiger partial charge in [-0.1, -0.05) is 12.1 Å². The van der Waals surface area contributed by atoms with Crippen LogP contribution in [0.2, 0.25) is 0 Å². The van der Waals surface area contributed by atoms with E-state index in [1.807, 2.05) is 25.2 Å². The predicted molar refractivity (Wildman–Crippen MR) is 167 cm³/mol. The number of amides is 3. The van der Waals surface area contributed by atoms with Crippen LogP contribution in [-0.4, -0.2) is 85.1 Å². The van der Waals surface area contributed by atoms with Crippen LogP contribution in [0.4, 0.5) is 23.7 Å². The smallest absolute Gasteiger partial charge is 0.496 e. The molecule has 256 valence electrons. The van der Waals surface area contributed by atoms with Crippen molar-refractivity contribution in [3.8, 4) is 23.0 Å². The van der Waals surface area contributed by atoms with Crippen LogP contribution in [0.25, 0.3) is 0 Å². The van der Waals surface area contributed by atoms with Gasteiger partial charge in [-0.05, 0) is 60.2 Å². The van der Waals surface area contributed by atoms with E-state index < -0.39 is 40.0 Å². The molecule has 2 aliphatic heterocycles. The van der Waals surface area contributed by atoms with Crippen LogP contribution in [-0.2, 0) is 27.9 Å². The number of aromatic hydroxyl groups is 1. The molecule has 3 aromatic carbocycles. The first-order chi connectivity index (χ1) is 22.6. The van der Waals surface area contributed by atoms with Crippen molar-refractivity contribution < 1.29 is 59.0 Å². The fraction of sp³-hybridized carbons (Fsp3) is 0.344. The zero-order valence-electron chi connectivity index (χ0n) is 25.9. The van der Waals surface area contributed by atoms with Crippen molar-refractivity contribution in [3.63, 3.8) is 0 Å². The topological polar surface area (TPSA) is 157 Å². The van der Waals surface area contributed by atoms with Crippen molar-refractivity contribution >= 4 is 33.5 Å². The summed E-state index contributed by atoms with van der Waals surface area (Å²) in [5, 5.41) is 12.4. The molecule has 0 spiro atoms. The number of quaternary nitrogens is 1. The molecule has 16 heteroatoms. The minimum absolute atomic E-state index is 0.0286. The number of hydrogen-bond donors (Lipinski definition) is 3. The number of fused-ring (bicyclic) bond motifs is 1. The number of urea groups is 1. The number of benzene rings is 3. The third-order valence-corrected chi connectivity index (χ3v) is 9.09. The van der Waals surface area contributed by atoms with Crippen molar-refractivity contribution in [2.45, 2.75) is 38.0 Å². The SMILES string of the molecule is C[N+]1(Cc2ccc3c(c2)OCO3)CCC/C(=[N+](\C(=O)Nc2ccc(OS(=O)(=O)CC(F)(F)F)cc2)[C@@H](Cc2ccc(O)cc2)C(N)=O)C1. The van der Waals surface area contributed by atoms with Gasteiger partial charge >= 0.3 is 22.3 Å². The largest absolute Gasteiger partial charge is 0.508 e. The number of nitrogens with one attached hydrogen (secondary N) is 1. The van der Waals surface area contributed by atoms with Crippen LogP contribution >= 0.6 is 0 Å². The summed E-state index contributed by atoms with van der Waals surface area (Å²) in [6, 6.07) is 14.8. The van der Waals surface area contributed by atoms with Gasteiger partial charge in [0.15, 0.2) is 23.3 Å². The maximum absolute atomic E-state index is 14.0. The Morgan fingerprint density at radius 3 is 2.38 bits per heavy atom. The number of primary amides is 1. The molecule has 4 N–H and O–H groups in total. The Morgan fingerprint density at radius 1 is 1.04 bits per heavy atom. The number of anilines is 1. The molecule has 0 aromatic heterocycles. The summed E-state index contributed by atoms with van der Waals surface area (Å²) >= 11 is 0. The predicted octanol–water partition coefficient (Wildman–Crippen LogP) is 3.91. The third-order valence-electron chi connectivity index (χ3n) is 7.96. The van der Waals surface area contributed by atoms with Gasteiger partial charge in [0.2, 0.25) is 6.79 Å². The number of ether oxygens (including phenoxy) is 2. The molecule has 2 atom stereocenters. The van der Waals surface area contributed by atoms with E-state index in [1.54, 1.807) is 12.1 Å². The first-order valence-corrected chi connectivity index (χ1v) is 16.5. The monoisotopic (exact) mass is 692 g/mol. The zero-order chi connectivity index (χ0) is 34.7. The molecule has 1 unspecified atom stereocenters. The van der Waals surface area contributed by atoms with Gasteiger partial charge in [0.25, 0.3) is 5.91 Å². The molecule has 0 bridgehead atoms. The van der Waals surface area contributed by atoms with Gasteiger partial charge < -0.3 is 29.0 Å². The lowest BCUT2D eigenvalue weighted by atomic mass is 10.0. The number of nitrogens with two attached hydrogens (primary N) is 1. The molecule has 2 aliphatic rings. The number of phenolic OH excluding ortho intramolecular Hbond substituents is 1. The second kappa shape index (κ2) is 13.7. The Kier molecular flexibility index (Phi) is 9.86.